The first-order chi connectivity index (χ1) is 34.5. The number of aryl methyl sites for hydroxylation is 1. The molecule has 3 amide bonds. The summed E-state index contributed by atoms with van der Waals surface area (Å²) in [7, 11) is 2.05. The zero-order valence-electron chi connectivity index (χ0n) is 43.3. The third-order valence-electron chi connectivity index (χ3n) is 14.2. The highest BCUT2D eigenvalue weighted by Crippen LogP contribution is 2.47. The molecular weight excluding hydrogens is 933 g/mol. The van der Waals surface area contributed by atoms with Gasteiger partial charge in [0.2, 0.25) is 12.3 Å². The van der Waals surface area contributed by atoms with Crippen molar-refractivity contribution in [3.63, 3.8) is 0 Å². The lowest BCUT2D eigenvalue weighted by atomic mass is 9.84. The van der Waals surface area contributed by atoms with E-state index in [0.717, 1.165) is 93.5 Å². The van der Waals surface area contributed by atoms with Gasteiger partial charge in [-0.2, -0.15) is 0 Å². The fourth-order valence-electron chi connectivity index (χ4n) is 9.72. The molecule has 72 heavy (non-hydrogen) atoms. The summed E-state index contributed by atoms with van der Waals surface area (Å²) in [4.78, 5) is 54.8. The number of anilines is 1. The molecule has 1 saturated heterocycles. The highest BCUT2D eigenvalue weighted by Gasteiger charge is 2.39. The molecule has 0 aromatic heterocycles. The molecule has 2 N–H and O–H groups in total. The fourth-order valence-corrected chi connectivity index (χ4v) is 9.97. The van der Waals surface area contributed by atoms with Crippen molar-refractivity contribution in [1.82, 2.24) is 15.1 Å². The van der Waals surface area contributed by atoms with Crippen molar-refractivity contribution in [3.05, 3.63) is 123 Å². The van der Waals surface area contributed by atoms with Crippen molar-refractivity contribution in [1.29, 1.82) is 0 Å². The third-order valence-corrected chi connectivity index (χ3v) is 14.5. The molecule has 3 heterocycles. The Bertz CT molecular complexity index is 2780. The molecule has 7 rings (SSSR count). The van der Waals surface area contributed by atoms with Crippen LogP contribution in [0.15, 0.2) is 90.3 Å². The number of carbonyl (C=O) groups is 4. The molecule has 0 spiro atoms. The van der Waals surface area contributed by atoms with Crippen LogP contribution in [0.2, 0.25) is 5.02 Å². The Morgan fingerprint density at radius 1 is 1.03 bits per heavy atom. The zero-order chi connectivity index (χ0) is 52.2. The number of carbonyl (C=O) groups excluding carboxylic acids is 3. The Balaban J connectivity index is 0.000000250. The number of carboxylic acid groups (broad SMARTS) is 1. The Kier molecular flexibility index (Phi) is 19.2. The number of halogens is 2. The Morgan fingerprint density at radius 3 is 2.42 bits per heavy atom. The van der Waals surface area contributed by atoms with Crippen molar-refractivity contribution in [2.45, 2.75) is 112 Å². The van der Waals surface area contributed by atoms with Crippen molar-refractivity contribution >= 4 is 69.1 Å². The molecule has 0 bridgehead atoms. The van der Waals surface area contributed by atoms with Crippen LogP contribution in [0.3, 0.4) is 0 Å². The second-order valence-corrected chi connectivity index (χ2v) is 19.5. The molecule has 0 aliphatic carbocycles. The number of nitrogens with zero attached hydrogens (tertiary/aromatic N) is 4. The smallest absolute Gasteiger partial charge is 0.333 e. The molecule has 384 valence electrons. The number of carboxylic acids is 1. The minimum atomic E-state index is -0.890. The van der Waals surface area contributed by atoms with E-state index in [2.05, 4.69) is 56.1 Å². The third kappa shape index (κ3) is 12.8. The maximum atomic E-state index is 13.7. The van der Waals surface area contributed by atoms with Gasteiger partial charge in [-0.15, -0.1) is 0 Å². The maximum absolute atomic E-state index is 13.7. The number of allylic oxidation sites excluding steroid dienone is 4. The number of hydrogen-bond donors (Lipinski definition) is 2. The first kappa shape index (κ1) is 54.9. The van der Waals surface area contributed by atoms with Gasteiger partial charge in [-0.1, -0.05) is 82.6 Å². The number of ether oxygens (including phenoxy) is 2. The van der Waals surface area contributed by atoms with Gasteiger partial charge in [0, 0.05) is 61.3 Å². The molecule has 3 aliphatic rings. The topological polar surface area (TPSA) is 132 Å². The van der Waals surface area contributed by atoms with Crippen LogP contribution in [0.1, 0.15) is 115 Å². The SMILES string of the molecule is C=C1CCC(N(C=O)Cc2c(C)cccc2OCC(=O)N(CCC)CCC)C(=O)N1.CCC(C)CCN1CC(C(=O)O)=C(CCCOc2cccc3cc(F)ccc23)c2ccc(Cl)c(C3=C(C)[N+](C)=C3C)c21. The van der Waals surface area contributed by atoms with Gasteiger partial charge in [0.25, 0.3) is 5.91 Å². The summed E-state index contributed by atoms with van der Waals surface area (Å²) in [6.45, 7) is 21.5. The molecule has 4 aromatic rings. The quantitative estimate of drug-likeness (QED) is 0.0452. The summed E-state index contributed by atoms with van der Waals surface area (Å²) >= 11 is 6.93. The van der Waals surface area contributed by atoms with Gasteiger partial charge in [-0.25, -0.2) is 13.8 Å². The Hall–Kier alpha value is -6.47. The number of aliphatic carboxylic acids is 1. The summed E-state index contributed by atoms with van der Waals surface area (Å²) in [5, 5.41) is 15.4. The van der Waals surface area contributed by atoms with E-state index in [1.165, 1.54) is 17.0 Å². The normalized spacial score (nSPS) is 15.9. The van der Waals surface area contributed by atoms with Crippen LogP contribution in [0.25, 0.3) is 21.9 Å². The van der Waals surface area contributed by atoms with Crippen molar-refractivity contribution in [2.75, 3.05) is 51.3 Å². The molecule has 1 fully saturated rings. The van der Waals surface area contributed by atoms with Crippen LogP contribution in [-0.4, -0.2) is 102 Å². The van der Waals surface area contributed by atoms with Crippen molar-refractivity contribution < 1.29 is 42.7 Å². The highest BCUT2D eigenvalue weighted by molar-refractivity contribution is 6.37. The predicted octanol–water partition coefficient (Wildman–Crippen LogP) is 11.2. The number of rotatable bonds is 22. The Labute approximate surface area is 429 Å². The van der Waals surface area contributed by atoms with Gasteiger partial charge in [-0.05, 0) is 111 Å². The first-order valence-electron chi connectivity index (χ1n) is 25.3. The van der Waals surface area contributed by atoms with Crippen LogP contribution in [-0.2, 0) is 25.7 Å². The molecule has 12 nitrogen and oxygen atoms in total. The lowest BCUT2D eigenvalue weighted by molar-refractivity contribution is -0.451. The average molecular weight is 1010 g/mol. The second kappa shape index (κ2) is 25.3. The number of nitrogens with one attached hydrogen (secondary N) is 1. The molecular formula is C58H72ClFN5O7+. The minimum Gasteiger partial charge on any atom is -0.493 e. The molecule has 0 radical (unpaired) electrons. The van der Waals surface area contributed by atoms with Crippen LogP contribution >= 0.6 is 11.6 Å². The van der Waals surface area contributed by atoms with Crippen molar-refractivity contribution in [2.24, 2.45) is 5.92 Å². The van der Waals surface area contributed by atoms with E-state index in [0.29, 0.717) is 92.0 Å². The number of hydrogen-bond acceptors (Lipinski definition) is 7. The van der Waals surface area contributed by atoms with Gasteiger partial charge >= 0.3 is 5.97 Å². The first-order valence-corrected chi connectivity index (χ1v) is 25.7. The second-order valence-electron chi connectivity index (χ2n) is 19.1. The summed E-state index contributed by atoms with van der Waals surface area (Å²) in [5.74, 6) is 0.331. The maximum Gasteiger partial charge on any atom is 0.333 e. The standard InChI is InChI=1S/C35H38ClFN2O3.C23H33N3O4/c1-6-21(2)16-17-39-20-29(35(40)41)27(10-8-18-42-31-11-7-9-24-19-25(37)12-13-26(24)31)28-14-15-30(36)33(34(28)39)32-22(3)38(5)23(32)4;1-5-12-25(13-6-2)22(28)15-30-21-9-7-8-17(3)19(21)14-26(16-27)20-11-10-18(4)24-23(20)29/h7,9,11-15,19,21H,6,8,10,16-18,20H2,1-5H3;7-9,16,20H,4-6,10-15H2,1-3H3,(H,24,29)/p+1. The zero-order valence-corrected chi connectivity index (χ0v) is 44.1. The van der Waals surface area contributed by atoms with E-state index in [-0.39, 0.29) is 30.8 Å². The summed E-state index contributed by atoms with van der Waals surface area (Å²) in [6, 6.07) is 19.2. The van der Waals surface area contributed by atoms with Crippen LogP contribution in [0.4, 0.5) is 10.1 Å². The van der Waals surface area contributed by atoms with Crippen LogP contribution in [0, 0.1) is 18.7 Å². The van der Waals surface area contributed by atoms with Crippen molar-refractivity contribution in [3.8, 4) is 11.5 Å². The van der Waals surface area contributed by atoms with E-state index in [1.807, 2.05) is 68.1 Å². The fraction of sp³-hybridized carbons (Fsp3) is 0.431. The molecule has 14 heteroatoms. The van der Waals surface area contributed by atoms with E-state index < -0.39 is 12.0 Å². The Morgan fingerprint density at radius 2 is 1.75 bits per heavy atom. The van der Waals surface area contributed by atoms with Crippen LogP contribution < -0.4 is 19.7 Å². The van der Waals surface area contributed by atoms with E-state index in [1.54, 1.807) is 12.1 Å². The monoisotopic (exact) mass is 1000 g/mol. The van der Waals surface area contributed by atoms with E-state index >= 15 is 0 Å². The molecule has 3 aliphatic heterocycles. The number of amides is 3. The van der Waals surface area contributed by atoms with Gasteiger partial charge in [0.15, 0.2) is 18.0 Å². The largest absolute Gasteiger partial charge is 0.493 e. The van der Waals surface area contributed by atoms with Gasteiger partial charge in [0.05, 0.1) is 36.0 Å². The predicted molar refractivity (Wildman–Crippen MR) is 286 cm³/mol. The lowest BCUT2D eigenvalue weighted by Crippen LogP contribution is -2.48. The number of piperidine rings is 1. The average Bonchev–Trinajstić information content (AvgIpc) is 3.36. The highest BCUT2D eigenvalue weighted by atomic mass is 35.5. The molecule has 2 atom stereocenters. The lowest BCUT2D eigenvalue weighted by Gasteiger charge is -2.37. The summed E-state index contributed by atoms with van der Waals surface area (Å²) in [6.07, 6.45) is 6.88. The number of fused-ring (bicyclic) bond motifs is 2. The van der Waals surface area contributed by atoms with E-state index in [9.17, 15) is 28.7 Å². The van der Waals surface area contributed by atoms with Crippen LogP contribution in [0.5, 0.6) is 11.5 Å². The summed E-state index contributed by atoms with van der Waals surface area (Å²) in [5.41, 5.74) is 10.1. The van der Waals surface area contributed by atoms with Gasteiger partial charge < -0.3 is 34.6 Å². The van der Waals surface area contributed by atoms with Gasteiger partial charge in [0.1, 0.15) is 36.0 Å². The van der Waals surface area contributed by atoms with Gasteiger partial charge in [-0.3, -0.25) is 14.4 Å². The van der Waals surface area contributed by atoms with E-state index in [4.69, 9.17) is 21.1 Å². The number of benzene rings is 4. The summed E-state index contributed by atoms with van der Waals surface area (Å²) < 4.78 is 27.9. The molecule has 0 saturated carbocycles. The molecule has 4 aromatic carbocycles. The minimum absolute atomic E-state index is 0.0522. The molecule has 2 unspecified atom stereocenters.